The molecule has 1 aromatic heterocycles. The minimum atomic E-state index is 0.0619. The first-order valence-corrected chi connectivity index (χ1v) is 7.10. The Morgan fingerprint density at radius 1 is 1.17 bits per heavy atom. The molecule has 0 aliphatic carbocycles. The van der Waals surface area contributed by atoms with Crippen molar-refractivity contribution in [3.05, 3.63) is 62.3 Å². The Labute approximate surface area is 119 Å². The summed E-state index contributed by atoms with van der Waals surface area (Å²) in [6.07, 6.45) is 2.13. The van der Waals surface area contributed by atoms with Gasteiger partial charge in [0.2, 0.25) is 0 Å². The SMILES string of the molecule is Clc1ccc(C2C=C(c3cccs3)NN2)c(Cl)c1. The third-order valence-corrected chi connectivity index (χ3v) is 4.25. The molecule has 0 saturated carbocycles. The van der Waals surface area contributed by atoms with Crippen LogP contribution in [-0.2, 0) is 0 Å². The van der Waals surface area contributed by atoms with E-state index in [4.69, 9.17) is 23.2 Å². The van der Waals surface area contributed by atoms with E-state index in [9.17, 15) is 0 Å². The van der Waals surface area contributed by atoms with Crippen LogP contribution < -0.4 is 10.9 Å². The molecule has 1 atom stereocenters. The van der Waals surface area contributed by atoms with Gasteiger partial charge >= 0.3 is 0 Å². The molecule has 2 aromatic rings. The van der Waals surface area contributed by atoms with Gasteiger partial charge in [-0.2, -0.15) is 0 Å². The molecule has 0 spiro atoms. The zero-order valence-electron chi connectivity index (χ0n) is 9.28. The fourth-order valence-electron chi connectivity index (χ4n) is 1.90. The fourth-order valence-corrected chi connectivity index (χ4v) is 3.14. The summed E-state index contributed by atoms with van der Waals surface area (Å²) in [5.41, 5.74) is 8.49. The Morgan fingerprint density at radius 2 is 2.06 bits per heavy atom. The van der Waals surface area contributed by atoms with Gasteiger partial charge in [0.15, 0.2) is 0 Å². The van der Waals surface area contributed by atoms with Crippen LogP contribution in [0.2, 0.25) is 10.0 Å². The second kappa shape index (κ2) is 4.94. The molecule has 3 rings (SSSR count). The van der Waals surface area contributed by atoms with Gasteiger partial charge in [-0.3, -0.25) is 0 Å². The van der Waals surface area contributed by atoms with Crippen molar-refractivity contribution in [2.45, 2.75) is 6.04 Å². The van der Waals surface area contributed by atoms with E-state index in [-0.39, 0.29) is 6.04 Å². The Morgan fingerprint density at radius 3 is 2.78 bits per heavy atom. The minimum Gasteiger partial charge on any atom is -0.319 e. The largest absolute Gasteiger partial charge is 0.319 e. The number of nitrogens with one attached hydrogen (secondary N) is 2. The van der Waals surface area contributed by atoms with Crippen molar-refractivity contribution in [1.82, 2.24) is 10.9 Å². The van der Waals surface area contributed by atoms with Crippen LogP contribution in [0.4, 0.5) is 0 Å². The van der Waals surface area contributed by atoms with Crippen LogP contribution in [0.15, 0.2) is 41.8 Å². The predicted octanol–water partition coefficient (Wildman–Crippen LogP) is 4.24. The predicted molar refractivity (Wildman–Crippen MR) is 77.8 cm³/mol. The highest BCUT2D eigenvalue weighted by Gasteiger charge is 2.19. The summed E-state index contributed by atoms with van der Waals surface area (Å²) in [7, 11) is 0. The number of hydrogen-bond acceptors (Lipinski definition) is 3. The van der Waals surface area contributed by atoms with Gasteiger partial charge < -0.3 is 5.43 Å². The molecular formula is C13H10Cl2N2S. The van der Waals surface area contributed by atoms with Gasteiger partial charge in [-0.15, -0.1) is 11.3 Å². The normalized spacial score (nSPS) is 18.6. The average molecular weight is 297 g/mol. The molecule has 1 aromatic carbocycles. The monoisotopic (exact) mass is 296 g/mol. The van der Waals surface area contributed by atoms with E-state index in [1.54, 1.807) is 17.4 Å². The minimum absolute atomic E-state index is 0.0619. The fraction of sp³-hybridized carbons (Fsp3) is 0.0769. The molecule has 92 valence electrons. The molecule has 2 heterocycles. The third kappa shape index (κ3) is 2.27. The molecule has 0 amide bonds. The van der Waals surface area contributed by atoms with Crippen molar-refractivity contribution in [2.24, 2.45) is 0 Å². The Hall–Kier alpha value is -1.00. The van der Waals surface area contributed by atoms with Gasteiger partial charge in [0, 0.05) is 10.0 Å². The number of halogens is 2. The highest BCUT2D eigenvalue weighted by molar-refractivity contribution is 7.11. The molecule has 2 N–H and O–H groups in total. The molecule has 0 bridgehead atoms. The summed E-state index contributed by atoms with van der Waals surface area (Å²) < 4.78 is 0. The number of rotatable bonds is 2. The van der Waals surface area contributed by atoms with Crippen LogP contribution >= 0.6 is 34.5 Å². The van der Waals surface area contributed by atoms with Gasteiger partial charge in [0.05, 0.1) is 16.6 Å². The molecular weight excluding hydrogens is 287 g/mol. The molecule has 1 unspecified atom stereocenters. The number of hydrazine groups is 1. The van der Waals surface area contributed by atoms with Crippen LogP contribution in [-0.4, -0.2) is 0 Å². The highest BCUT2D eigenvalue weighted by atomic mass is 35.5. The first kappa shape index (κ1) is 12.1. The maximum Gasteiger partial charge on any atom is 0.0728 e. The van der Waals surface area contributed by atoms with Crippen molar-refractivity contribution in [3.8, 4) is 0 Å². The third-order valence-electron chi connectivity index (χ3n) is 2.78. The first-order chi connectivity index (χ1) is 8.74. The zero-order valence-corrected chi connectivity index (χ0v) is 11.6. The number of benzene rings is 1. The van der Waals surface area contributed by atoms with E-state index in [2.05, 4.69) is 28.4 Å². The molecule has 2 nitrogen and oxygen atoms in total. The average Bonchev–Trinajstić information content (AvgIpc) is 2.99. The second-order valence-electron chi connectivity index (χ2n) is 3.97. The Balaban J connectivity index is 1.91. The van der Waals surface area contributed by atoms with E-state index in [0.717, 1.165) is 11.3 Å². The van der Waals surface area contributed by atoms with E-state index in [1.165, 1.54) is 4.88 Å². The van der Waals surface area contributed by atoms with Gasteiger partial charge in [0.1, 0.15) is 0 Å². The van der Waals surface area contributed by atoms with Crippen LogP contribution in [0, 0.1) is 0 Å². The van der Waals surface area contributed by atoms with E-state index < -0.39 is 0 Å². The summed E-state index contributed by atoms with van der Waals surface area (Å²) in [6, 6.07) is 9.73. The lowest BCUT2D eigenvalue weighted by atomic mass is 10.1. The molecule has 0 radical (unpaired) electrons. The van der Waals surface area contributed by atoms with E-state index in [0.29, 0.717) is 10.0 Å². The molecule has 5 heteroatoms. The van der Waals surface area contributed by atoms with Crippen molar-refractivity contribution in [2.75, 3.05) is 0 Å². The summed E-state index contributed by atoms with van der Waals surface area (Å²) in [6.45, 7) is 0. The van der Waals surface area contributed by atoms with Crippen molar-refractivity contribution < 1.29 is 0 Å². The van der Waals surface area contributed by atoms with Crippen LogP contribution in [0.1, 0.15) is 16.5 Å². The lowest BCUT2D eigenvalue weighted by molar-refractivity contribution is 0.616. The molecule has 1 aliphatic rings. The van der Waals surface area contributed by atoms with Gasteiger partial charge in [-0.1, -0.05) is 35.3 Å². The maximum absolute atomic E-state index is 6.20. The molecule has 0 fully saturated rings. The maximum atomic E-state index is 6.20. The molecule has 0 saturated heterocycles. The lowest BCUT2D eigenvalue weighted by Gasteiger charge is -2.11. The highest BCUT2D eigenvalue weighted by Crippen LogP contribution is 2.31. The van der Waals surface area contributed by atoms with Crippen molar-refractivity contribution in [1.29, 1.82) is 0 Å². The van der Waals surface area contributed by atoms with Crippen LogP contribution in [0.25, 0.3) is 5.70 Å². The molecule has 1 aliphatic heterocycles. The van der Waals surface area contributed by atoms with Gasteiger partial charge in [-0.25, -0.2) is 5.43 Å². The zero-order chi connectivity index (χ0) is 12.5. The van der Waals surface area contributed by atoms with Crippen molar-refractivity contribution in [3.63, 3.8) is 0 Å². The summed E-state index contributed by atoms with van der Waals surface area (Å²) in [5.74, 6) is 0. The first-order valence-electron chi connectivity index (χ1n) is 5.46. The summed E-state index contributed by atoms with van der Waals surface area (Å²) in [5, 5.41) is 3.38. The summed E-state index contributed by atoms with van der Waals surface area (Å²) in [4.78, 5) is 1.20. The van der Waals surface area contributed by atoms with Gasteiger partial charge in [0.25, 0.3) is 0 Å². The molecule has 18 heavy (non-hydrogen) atoms. The van der Waals surface area contributed by atoms with Gasteiger partial charge in [-0.05, 0) is 35.2 Å². The Kier molecular flexibility index (Phi) is 3.31. The topological polar surface area (TPSA) is 24.1 Å². The number of thiophene rings is 1. The quantitative estimate of drug-likeness (QED) is 0.866. The number of hydrogen-bond donors (Lipinski definition) is 2. The Bertz CT molecular complexity index is 593. The van der Waals surface area contributed by atoms with Crippen molar-refractivity contribution >= 4 is 40.2 Å². The van der Waals surface area contributed by atoms with Crippen LogP contribution in [0.5, 0.6) is 0 Å². The van der Waals surface area contributed by atoms with E-state index in [1.807, 2.05) is 18.2 Å². The smallest absolute Gasteiger partial charge is 0.0728 e. The summed E-state index contributed by atoms with van der Waals surface area (Å²) >= 11 is 13.8. The van der Waals surface area contributed by atoms with E-state index >= 15 is 0 Å². The van der Waals surface area contributed by atoms with Crippen LogP contribution in [0.3, 0.4) is 0 Å². The second-order valence-corrected chi connectivity index (χ2v) is 5.76. The standard InChI is InChI=1S/C13H10Cl2N2S/c14-8-3-4-9(10(15)6-8)11-7-12(17-16-11)13-2-1-5-18-13/h1-7,11,16-17H. The lowest BCUT2D eigenvalue weighted by Crippen LogP contribution is -2.26.